The van der Waals surface area contributed by atoms with Gasteiger partial charge in [-0.25, -0.2) is 9.78 Å². The highest BCUT2D eigenvalue weighted by Gasteiger charge is 2.19. The van der Waals surface area contributed by atoms with Crippen LogP contribution in [-0.4, -0.2) is 29.1 Å². The van der Waals surface area contributed by atoms with E-state index in [1.165, 1.54) is 0 Å². The quantitative estimate of drug-likeness (QED) is 0.806. The third-order valence-electron chi connectivity index (χ3n) is 3.71. The Labute approximate surface area is 164 Å². The Morgan fingerprint density at radius 1 is 1.11 bits per heavy atom. The van der Waals surface area contributed by atoms with Gasteiger partial charge in [0.15, 0.2) is 6.10 Å². The lowest BCUT2D eigenvalue weighted by molar-refractivity contribution is -0.126. The molecule has 0 bridgehead atoms. The standard InChI is InChI=1S/C20H27N3O3S/c1-12(2)21-19(25)23-17(24)13(3)26-15-9-7-14(8-10-15)18-22-16(11-27-18)20(4,5)6/h7-13H,1-6H3,(H2,21,23,24,25)/t13-/m0/s1. The average molecular weight is 390 g/mol. The van der Waals surface area contributed by atoms with Crippen LogP contribution in [-0.2, 0) is 10.2 Å². The van der Waals surface area contributed by atoms with Gasteiger partial charge in [0, 0.05) is 22.4 Å². The Hall–Kier alpha value is -2.41. The molecule has 2 N–H and O–H groups in total. The van der Waals surface area contributed by atoms with E-state index in [9.17, 15) is 9.59 Å². The minimum absolute atomic E-state index is 0.0163. The first kappa shape index (κ1) is 20.9. The third kappa shape index (κ3) is 6.06. The minimum Gasteiger partial charge on any atom is -0.481 e. The van der Waals surface area contributed by atoms with Crippen LogP contribution in [0.25, 0.3) is 10.6 Å². The van der Waals surface area contributed by atoms with Gasteiger partial charge in [-0.05, 0) is 45.0 Å². The second-order valence-electron chi connectivity index (χ2n) is 7.69. The number of imide groups is 1. The van der Waals surface area contributed by atoms with Gasteiger partial charge in [0.1, 0.15) is 10.8 Å². The maximum Gasteiger partial charge on any atom is 0.321 e. The summed E-state index contributed by atoms with van der Waals surface area (Å²) in [5, 5.41) is 7.89. The first-order valence-corrected chi connectivity index (χ1v) is 9.78. The first-order valence-electron chi connectivity index (χ1n) is 8.90. The zero-order valence-corrected chi connectivity index (χ0v) is 17.4. The Bertz CT molecular complexity index is 792. The number of urea groups is 1. The van der Waals surface area contributed by atoms with Crippen LogP contribution in [0.15, 0.2) is 29.6 Å². The van der Waals surface area contributed by atoms with E-state index in [4.69, 9.17) is 9.72 Å². The number of aromatic nitrogens is 1. The van der Waals surface area contributed by atoms with Crippen molar-refractivity contribution in [2.24, 2.45) is 0 Å². The van der Waals surface area contributed by atoms with Gasteiger partial charge in [-0.15, -0.1) is 11.3 Å². The highest BCUT2D eigenvalue weighted by molar-refractivity contribution is 7.13. The van der Waals surface area contributed by atoms with Gasteiger partial charge in [-0.2, -0.15) is 0 Å². The molecule has 0 aliphatic heterocycles. The molecule has 0 aliphatic rings. The van der Waals surface area contributed by atoms with Crippen LogP contribution in [0, 0.1) is 0 Å². The summed E-state index contributed by atoms with van der Waals surface area (Å²) in [6.07, 6.45) is -0.791. The molecule has 2 rings (SSSR count). The predicted molar refractivity (Wildman–Crippen MR) is 108 cm³/mol. The minimum atomic E-state index is -0.791. The van der Waals surface area contributed by atoms with Gasteiger partial charge >= 0.3 is 6.03 Å². The highest BCUT2D eigenvalue weighted by atomic mass is 32.1. The molecule has 1 aromatic carbocycles. The van der Waals surface area contributed by atoms with Gasteiger partial charge in [-0.1, -0.05) is 20.8 Å². The fraction of sp³-hybridized carbons (Fsp3) is 0.450. The van der Waals surface area contributed by atoms with E-state index >= 15 is 0 Å². The van der Waals surface area contributed by atoms with Gasteiger partial charge in [0.2, 0.25) is 0 Å². The number of nitrogens with zero attached hydrogens (tertiary/aromatic N) is 1. The molecule has 6 nitrogen and oxygen atoms in total. The molecular weight excluding hydrogens is 362 g/mol. The first-order chi connectivity index (χ1) is 12.6. The molecule has 146 valence electrons. The van der Waals surface area contributed by atoms with E-state index in [2.05, 4.69) is 36.8 Å². The van der Waals surface area contributed by atoms with Crippen molar-refractivity contribution in [3.63, 3.8) is 0 Å². The number of nitrogens with one attached hydrogen (secondary N) is 2. The van der Waals surface area contributed by atoms with Gasteiger partial charge in [0.05, 0.1) is 5.69 Å². The Morgan fingerprint density at radius 3 is 2.26 bits per heavy atom. The number of carbonyl (C=O) groups is 2. The van der Waals surface area contributed by atoms with Gasteiger partial charge < -0.3 is 10.1 Å². The average Bonchev–Trinajstić information content (AvgIpc) is 3.04. The second kappa shape index (κ2) is 8.52. The molecule has 1 atom stereocenters. The lowest BCUT2D eigenvalue weighted by atomic mass is 9.93. The van der Waals surface area contributed by atoms with E-state index in [1.807, 2.05) is 26.0 Å². The SMILES string of the molecule is CC(C)NC(=O)NC(=O)[C@H](C)Oc1ccc(-c2nc(C(C)(C)C)cs2)cc1. The summed E-state index contributed by atoms with van der Waals surface area (Å²) in [6.45, 7) is 11.6. The number of benzene rings is 1. The Kier molecular flexibility index (Phi) is 6.59. The largest absolute Gasteiger partial charge is 0.481 e. The summed E-state index contributed by atoms with van der Waals surface area (Å²) in [4.78, 5) is 28.3. The van der Waals surface area contributed by atoms with Crippen LogP contribution in [0.2, 0.25) is 0 Å². The van der Waals surface area contributed by atoms with Crippen LogP contribution < -0.4 is 15.4 Å². The molecule has 1 aromatic heterocycles. The van der Waals surface area contributed by atoms with E-state index < -0.39 is 18.0 Å². The maximum absolute atomic E-state index is 12.0. The molecule has 0 radical (unpaired) electrons. The summed E-state index contributed by atoms with van der Waals surface area (Å²) in [5.74, 6) is 0.0604. The van der Waals surface area contributed by atoms with Crippen LogP contribution in [0.5, 0.6) is 5.75 Å². The molecule has 0 spiro atoms. The number of rotatable bonds is 5. The molecular formula is C20H27N3O3S. The Morgan fingerprint density at radius 2 is 1.74 bits per heavy atom. The lowest BCUT2D eigenvalue weighted by Gasteiger charge is -2.15. The number of thiazole rings is 1. The predicted octanol–water partition coefficient (Wildman–Crippen LogP) is 4.11. The van der Waals surface area contributed by atoms with E-state index in [0.29, 0.717) is 5.75 Å². The molecule has 0 saturated heterocycles. The Balaban J connectivity index is 1.98. The fourth-order valence-corrected chi connectivity index (χ4v) is 3.25. The summed E-state index contributed by atoms with van der Waals surface area (Å²) in [5.41, 5.74) is 2.08. The maximum atomic E-state index is 12.0. The fourth-order valence-electron chi connectivity index (χ4n) is 2.20. The number of hydrogen-bond donors (Lipinski definition) is 2. The molecule has 7 heteroatoms. The van der Waals surface area contributed by atoms with Gasteiger partial charge in [-0.3, -0.25) is 10.1 Å². The number of ether oxygens (including phenoxy) is 1. The molecule has 3 amide bonds. The van der Waals surface area contributed by atoms with Crippen molar-refractivity contribution in [3.05, 3.63) is 35.3 Å². The van der Waals surface area contributed by atoms with E-state index in [0.717, 1.165) is 16.3 Å². The van der Waals surface area contributed by atoms with E-state index in [-0.39, 0.29) is 11.5 Å². The zero-order valence-electron chi connectivity index (χ0n) is 16.6. The smallest absolute Gasteiger partial charge is 0.321 e. The molecule has 27 heavy (non-hydrogen) atoms. The third-order valence-corrected chi connectivity index (χ3v) is 4.60. The highest BCUT2D eigenvalue weighted by Crippen LogP contribution is 2.30. The topological polar surface area (TPSA) is 80.3 Å². The molecule has 0 saturated carbocycles. The number of amides is 3. The van der Waals surface area contributed by atoms with Crippen LogP contribution >= 0.6 is 11.3 Å². The van der Waals surface area contributed by atoms with Crippen molar-refractivity contribution in [1.82, 2.24) is 15.6 Å². The lowest BCUT2D eigenvalue weighted by Crippen LogP contribution is -2.46. The number of carbonyl (C=O) groups excluding carboxylic acids is 2. The normalized spacial score (nSPS) is 12.6. The monoisotopic (exact) mass is 389 g/mol. The van der Waals surface area contributed by atoms with Crippen molar-refractivity contribution in [1.29, 1.82) is 0 Å². The zero-order chi connectivity index (χ0) is 20.2. The van der Waals surface area contributed by atoms with Crippen molar-refractivity contribution in [3.8, 4) is 16.3 Å². The molecule has 2 aromatic rings. The molecule has 0 aliphatic carbocycles. The van der Waals surface area contributed by atoms with Crippen LogP contribution in [0.4, 0.5) is 4.79 Å². The summed E-state index contributed by atoms with van der Waals surface area (Å²) in [6, 6.07) is 6.84. The summed E-state index contributed by atoms with van der Waals surface area (Å²) in [7, 11) is 0. The van der Waals surface area contributed by atoms with Crippen LogP contribution in [0.3, 0.4) is 0 Å². The van der Waals surface area contributed by atoms with Crippen molar-refractivity contribution in [2.45, 2.75) is 59.1 Å². The van der Waals surface area contributed by atoms with Crippen LogP contribution in [0.1, 0.15) is 47.2 Å². The molecule has 1 heterocycles. The van der Waals surface area contributed by atoms with Crippen molar-refractivity contribution >= 4 is 23.3 Å². The summed E-state index contributed by atoms with van der Waals surface area (Å²) < 4.78 is 5.62. The van der Waals surface area contributed by atoms with Crippen molar-refractivity contribution in [2.75, 3.05) is 0 Å². The van der Waals surface area contributed by atoms with E-state index in [1.54, 1.807) is 30.4 Å². The molecule has 0 unspecified atom stereocenters. The van der Waals surface area contributed by atoms with Gasteiger partial charge in [0.25, 0.3) is 5.91 Å². The second-order valence-corrected chi connectivity index (χ2v) is 8.55. The summed E-state index contributed by atoms with van der Waals surface area (Å²) >= 11 is 1.61. The van der Waals surface area contributed by atoms with Crippen molar-refractivity contribution < 1.29 is 14.3 Å². The number of hydrogen-bond acceptors (Lipinski definition) is 5. The molecule has 0 fully saturated rings.